The lowest BCUT2D eigenvalue weighted by molar-refractivity contribution is 0.869. The van der Waals surface area contributed by atoms with E-state index in [1.165, 1.54) is 132 Å². The predicted octanol–water partition coefficient (Wildman–Crippen LogP) is 16.6. The molecule has 380 valence electrons. The van der Waals surface area contributed by atoms with Crippen molar-refractivity contribution in [1.82, 2.24) is 0 Å². The van der Waals surface area contributed by atoms with Crippen LogP contribution in [0.5, 0.6) is 0 Å². The molecule has 0 N–H and O–H groups in total. The maximum atomic E-state index is 2.72. The Morgan fingerprint density at radius 3 is 0.684 bits per heavy atom. The van der Waals surface area contributed by atoms with Gasteiger partial charge in [0, 0.05) is 5.04 Å². The van der Waals surface area contributed by atoms with Gasteiger partial charge in [-0.15, -0.1) is 0 Å². The van der Waals surface area contributed by atoms with E-state index in [2.05, 4.69) is 276 Å². The molecule has 0 saturated carbocycles. The summed E-state index contributed by atoms with van der Waals surface area (Å²) in [7, 11) is -3.35. The summed E-state index contributed by atoms with van der Waals surface area (Å²) in [5.41, 5.74) is 28.4. The van der Waals surface area contributed by atoms with Gasteiger partial charge in [-0.3, -0.25) is 0 Å². The van der Waals surface area contributed by atoms with Crippen molar-refractivity contribution in [3.63, 3.8) is 0 Å². The summed E-state index contributed by atoms with van der Waals surface area (Å²) in [4.78, 5) is 0. The highest BCUT2D eigenvalue weighted by atomic mass is 28.3. The highest BCUT2D eigenvalue weighted by molar-refractivity contribution is 7.14. The Kier molecular flexibility index (Phi) is 15.2. The summed E-state index contributed by atoms with van der Waals surface area (Å²) in [6.07, 6.45) is 7.88. The Morgan fingerprint density at radius 2 is 0.500 bits per heavy atom. The van der Waals surface area contributed by atoms with Gasteiger partial charge in [-0.2, -0.15) is 0 Å². The van der Waals surface area contributed by atoms with Crippen LogP contribution in [0.1, 0.15) is 128 Å². The quantitative estimate of drug-likeness (QED) is 0.0668. The second-order valence-electron chi connectivity index (χ2n) is 23.1. The van der Waals surface area contributed by atoms with E-state index in [0.29, 0.717) is 0 Å². The maximum Gasteiger partial charge on any atom is 0.161 e. The summed E-state index contributed by atoms with van der Waals surface area (Å²) in [5, 5.41) is 4.08. The van der Waals surface area contributed by atoms with Gasteiger partial charge in [0.05, 0.1) is 0 Å². The smallest absolute Gasteiger partial charge is 0.0730 e. The van der Waals surface area contributed by atoms with Crippen molar-refractivity contribution >= 4 is 23.6 Å². The molecule has 0 saturated heterocycles. The molecule has 1 unspecified atom stereocenters. The Labute approximate surface area is 457 Å². The molecule has 0 fully saturated rings. The van der Waals surface area contributed by atoms with Crippen molar-refractivity contribution in [2.75, 3.05) is 0 Å². The van der Waals surface area contributed by atoms with E-state index in [1.807, 2.05) is 0 Å². The summed E-state index contributed by atoms with van der Waals surface area (Å²) >= 11 is 0. The first-order chi connectivity index (χ1) is 36.6. The third-order valence-electron chi connectivity index (χ3n) is 16.6. The number of allylic oxidation sites excluding steroid dienone is 4. The highest BCUT2D eigenvalue weighted by Gasteiger charge is 2.56. The lowest BCUT2D eigenvalue weighted by atomic mass is 9.97. The van der Waals surface area contributed by atoms with Crippen LogP contribution in [0.15, 0.2) is 223 Å². The predicted molar refractivity (Wildman–Crippen MR) is 328 cm³/mol. The molecule has 9 aromatic carbocycles. The zero-order chi connectivity index (χ0) is 53.1. The van der Waals surface area contributed by atoms with Gasteiger partial charge >= 0.3 is 0 Å². The molecule has 0 spiro atoms. The molecule has 1 atom stereocenters. The molecule has 0 nitrogen and oxygen atoms in total. The highest BCUT2D eigenvalue weighted by Crippen LogP contribution is 2.53. The van der Waals surface area contributed by atoms with Crippen LogP contribution in [0.25, 0.3) is 0 Å². The second-order valence-corrected chi connectivity index (χ2v) is 27.4. The molecule has 10 rings (SSSR count). The Hall–Kier alpha value is -7.32. The SMILES string of the molecule is CC1=CC(C)([Si](c2cc(Cc3cccc(C)c3)cc(Cc3cccc(C)c3)c2)(c2cc(Cc3cccc(C)c3)cc(Cc3cccc(C)c3)c2)c2cc(Cc3cccc(C)c3)cc(Cc3cccc(C)c3)c2)C(C)=C1C. The zero-order valence-electron chi connectivity index (χ0n) is 46.9. The van der Waals surface area contributed by atoms with E-state index in [0.717, 1.165) is 38.5 Å². The lowest BCUT2D eigenvalue weighted by Crippen LogP contribution is -2.73. The third kappa shape index (κ3) is 11.4. The first-order valence-corrected chi connectivity index (χ1v) is 29.7. The van der Waals surface area contributed by atoms with Gasteiger partial charge in [-0.25, -0.2) is 0 Å². The van der Waals surface area contributed by atoms with Crippen molar-refractivity contribution in [3.05, 3.63) is 323 Å². The van der Waals surface area contributed by atoms with Crippen molar-refractivity contribution in [3.8, 4) is 0 Å². The van der Waals surface area contributed by atoms with E-state index in [4.69, 9.17) is 0 Å². The van der Waals surface area contributed by atoms with E-state index < -0.39 is 8.07 Å². The fourth-order valence-electron chi connectivity index (χ4n) is 13.0. The zero-order valence-corrected chi connectivity index (χ0v) is 47.9. The first kappa shape index (κ1) is 52.1. The average molecular weight is 1010 g/mol. The van der Waals surface area contributed by atoms with Crippen LogP contribution in [0, 0.1) is 41.5 Å². The molecular weight excluding hydrogens is 929 g/mol. The van der Waals surface area contributed by atoms with Crippen LogP contribution in [-0.2, 0) is 38.5 Å². The molecule has 0 aliphatic heterocycles. The third-order valence-corrected chi connectivity index (χ3v) is 22.2. The normalized spacial score (nSPS) is 14.6. The van der Waals surface area contributed by atoms with Gasteiger partial charge in [0.15, 0.2) is 8.07 Å². The molecule has 0 amide bonds. The Morgan fingerprint density at radius 1 is 0.276 bits per heavy atom. The number of benzene rings is 9. The van der Waals surface area contributed by atoms with Crippen LogP contribution < -0.4 is 15.6 Å². The van der Waals surface area contributed by atoms with E-state index in [-0.39, 0.29) is 5.04 Å². The van der Waals surface area contributed by atoms with E-state index >= 15 is 0 Å². The lowest BCUT2D eigenvalue weighted by Gasteiger charge is -2.48. The Bertz CT molecular complexity index is 3130. The Balaban J connectivity index is 1.35. The first-order valence-electron chi connectivity index (χ1n) is 27.7. The van der Waals surface area contributed by atoms with Gasteiger partial charge in [0.2, 0.25) is 0 Å². The van der Waals surface area contributed by atoms with Gasteiger partial charge < -0.3 is 0 Å². The van der Waals surface area contributed by atoms with Gasteiger partial charge in [0.25, 0.3) is 0 Å². The topological polar surface area (TPSA) is 0 Å². The summed E-state index contributed by atoms with van der Waals surface area (Å²) in [6, 6.07) is 78.7. The molecule has 0 bridgehead atoms. The number of aryl methyl sites for hydroxylation is 6. The molecule has 1 heteroatoms. The van der Waals surface area contributed by atoms with Crippen LogP contribution in [-0.4, -0.2) is 8.07 Å². The molecule has 0 aromatic heterocycles. The molecule has 9 aromatic rings. The van der Waals surface area contributed by atoms with Crippen molar-refractivity contribution in [1.29, 1.82) is 0 Å². The number of hydrogen-bond donors (Lipinski definition) is 0. The summed E-state index contributed by atoms with van der Waals surface area (Å²) in [6.45, 7) is 23.2. The summed E-state index contributed by atoms with van der Waals surface area (Å²) in [5.74, 6) is 0. The van der Waals surface area contributed by atoms with E-state index in [9.17, 15) is 0 Å². The monoisotopic (exact) mass is 1000 g/mol. The van der Waals surface area contributed by atoms with Crippen LogP contribution >= 0.6 is 0 Å². The minimum atomic E-state index is -3.35. The van der Waals surface area contributed by atoms with Crippen LogP contribution in [0.3, 0.4) is 0 Å². The van der Waals surface area contributed by atoms with Crippen molar-refractivity contribution < 1.29 is 0 Å². The standard InChI is InChI=1S/C75H76Si/c1-51-17-11-23-60(29-51)35-66-41-67(36-61-24-12-18-52(2)30-61)45-72(44-66)76(75(10)50-57(7)58(8)59(75)9,73-46-68(37-62-25-13-19-53(3)31-62)42-69(47-73)38-63-26-14-20-54(4)32-63)74-48-70(39-64-27-15-21-55(5)33-64)43-71(49-74)40-65-28-16-22-56(6)34-65/h11-34,41-50H,35-40H2,1-10H3. The van der Waals surface area contributed by atoms with Crippen LogP contribution in [0.2, 0.25) is 5.04 Å². The van der Waals surface area contributed by atoms with Gasteiger partial charge in [0.1, 0.15) is 0 Å². The minimum Gasteiger partial charge on any atom is -0.0730 e. The second kappa shape index (κ2) is 22.1. The molecule has 0 heterocycles. The minimum absolute atomic E-state index is 0.352. The molecular formula is C75H76Si. The van der Waals surface area contributed by atoms with E-state index in [1.54, 1.807) is 0 Å². The van der Waals surface area contributed by atoms with Gasteiger partial charge in [-0.1, -0.05) is 258 Å². The summed E-state index contributed by atoms with van der Waals surface area (Å²) < 4.78 is 0. The molecule has 76 heavy (non-hydrogen) atoms. The van der Waals surface area contributed by atoms with Gasteiger partial charge in [-0.05, 0) is 189 Å². The number of rotatable bonds is 16. The molecule has 0 radical (unpaired) electrons. The maximum absolute atomic E-state index is 3.35. The number of hydrogen-bond acceptors (Lipinski definition) is 0. The molecule has 1 aliphatic rings. The fourth-order valence-corrected chi connectivity index (χ4v) is 19.4. The van der Waals surface area contributed by atoms with Crippen molar-refractivity contribution in [2.45, 2.75) is 113 Å². The largest absolute Gasteiger partial charge is 0.161 e. The fraction of sp³-hybridized carbons (Fsp3) is 0.227. The average Bonchev–Trinajstić information content (AvgIpc) is 3.80. The van der Waals surface area contributed by atoms with Crippen molar-refractivity contribution in [2.24, 2.45) is 0 Å². The molecule has 1 aliphatic carbocycles. The van der Waals surface area contributed by atoms with Crippen LogP contribution in [0.4, 0.5) is 0 Å².